The summed E-state index contributed by atoms with van der Waals surface area (Å²) in [5, 5.41) is 34.2. The standard InChI is InChI=1S/C20H37N5O8/c1-3-11(2)16(19(31)24-14(10-26)20(32)33)25-18(30)13(7-8-15(27)28)23-17(29)12(22)6-4-5-9-21/h11-14,16,26H,3-10,21-22H2,1-2H3,(H,23,29)(H,24,31)(H,25,30)(H,27,28)(H,32,33). The lowest BCUT2D eigenvalue weighted by Gasteiger charge is -2.27. The summed E-state index contributed by atoms with van der Waals surface area (Å²) in [4.78, 5) is 60.0. The number of unbranched alkanes of at least 4 members (excludes halogenated alkanes) is 1. The summed E-state index contributed by atoms with van der Waals surface area (Å²) in [6.45, 7) is 3.00. The Balaban J connectivity index is 5.45. The van der Waals surface area contributed by atoms with Crippen molar-refractivity contribution < 1.29 is 39.3 Å². The Morgan fingerprint density at radius 1 is 0.879 bits per heavy atom. The molecule has 0 fully saturated rings. The van der Waals surface area contributed by atoms with Crippen LogP contribution in [0.1, 0.15) is 52.4 Å². The molecule has 0 aromatic carbocycles. The monoisotopic (exact) mass is 475 g/mol. The van der Waals surface area contributed by atoms with E-state index in [-0.39, 0.29) is 6.42 Å². The number of carbonyl (C=O) groups is 5. The number of aliphatic carboxylic acids is 2. The SMILES string of the molecule is CCC(C)C(NC(=O)C(CCC(=O)O)NC(=O)C(N)CCCCN)C(=O)NC(CO)C(=O)O. The van der Waals surface area contributed by atoms with Crippen molar-refractivity contribution in [2.75, 3.05) is 13.2 Å². The van der Waals surface area contributed by atoms with Gasteiger partial charge in [-0.05, 0) is 31.7 Å². The number of carboxylic acids is 2. The summed E-state index contributed by atoms with van der Waals surface area (Å²) >= 11 is 0. The number of hydrogen-bond donors (Lipinski definition) is 8. The number of rotatable bonds is 17. The number of hydrogen-bond acceptors (Lipinski definition) is 8. The van der Waals surface area contributed by atoms with Gasteiger partial charge in [-0.3, -0.25) is 19.2 Å². The Kier molecular flexibility index (Phi) is 14.6. The van der Waals surface area contributed by atoms with Crippen LogP contribution in [-0.4, -0.2) is 82.3 Å². The van der Waals surface area contributed by atoms with Crippen LogP contribution in [0.15, 0.2) is 0 Å². The minimum atomic E-state index is -1.56. The Labute approximate surface area is 192 Å². The van der Waals surface area contributed by atoms with Gasteiger partial charge in [0.25, 0.3) is 0 Å². The molecule has 0 aliphatic rings. The van der Waals surface area contributed by atoms with Crippen molar-refractivity contribution in [3.05, 3.63) is 0 Å². The molecule has 5 unspecified atom stereocenters. The molecule has 5 atom stereocenters. The highest BCUT2D eigenvalue weighted by atomic mass is 16.4. The van der Waals surface area contributed by atoms with E-state index in [4.69, 9.17) is 26.8 Å². The largest absolute Gasteiger partial charge is 0.481 e. The molecule has 10 N–H and O–H groups in total. The molecule has 0 heterocycles. The van der Waals surface area contributed by atoms with Crippen LogP contribution in [-0.2, 0) is 24.0 Å². The molecule has 0 aromatic rings. The number of carboxylic acid groups (broad SMARTS) is 2. The van der Waals surface area contributed by atoms with Crippen molar-refractivity contribution in [1.29, 1.82) is 0 Å². The summed E-state index contributed by atoms with van der Waals surface area (Å²) in [5.41, 5.74) is 11.2. The van der Waals surface area contributed by atoms with Gasteiger partial charge in [0.2, 0.25) is 17.7 Å². The fourth-order valence-electron chi connectivity index (χ4n) is 2.86. The van der Waals surface area contributed by atoms with Crippen molar-refractivity contribution in [2.45, 2.75) is 76.5 Å². The third-order valence-corrected chi connectivity index (χ3v) is 5.18. The van der Waals surface area contributed by atoms with Crippen LogP contribution in [0, 0.1) is 5.92 Å². The maximum Gasteiger partial charge on any atom is 0.328 e. The molecular weight excluding hydrogens is 438 g/mol. The van der Waals surface area contributed by atoms with Crippen LogP contribution in [0.4, 0.5) is 0 Å². The van der Waals surface area contributed by atoms with Crippen LogP contribution < -0.4 is 27.4 Å². The van der Waals surface area contributed by atoms with E-state index in [9.17, 15) is 24.0 Å². The van der Waals surface area contributed by atoms with E-state index in [0.717, 1.165) is 0 Å². The number of nitrogens with two attached hydrogens (primary N) is 2. The fraction of sp³-hybridized carbons (Fsp3) is 0.750. The average Bonchev–Trinajstić information content (AvgIpc) is 2.76. The van der Waals surface area contributed by atoms with Gasteiger partial charge in [-0.2, -0.15) is 0 Å². The molecule has 0 aliphatic carbocycles. The van der Waals surface area contributed by atoms with E-state index in [1.165, 1.54) is 0 Å². The van der Waals surface area contributed by atoms with E-state index in [1.807, 2.05) is 0 Å². The normalized spacial score (nSPS) is 15.4. The van der Waals surface area contributed by atoms with Crippen LogP contribution in [0.3, 0.4) is 0 Å². The lowest BCUT2D eigenvalue weighted by molar-refractivity contribution is -0.143. The van der Waals surface area contributed by atoms with E-state index >= 15 is 0 Å². The molecule has 13 nitrogen and oxygen atoms in total. The van der Waals surface area contributed by atoms with E-state index < -0.39 is 72.8 Å². The highest BCUT2D eigenvalue weighted by Crippen LogP contribution is 2.10. The molecule has 190 valence electrons. The molecule has 0 saturated carbocycles. The number of nitrogens with one attached hydrogen (secondary N) is 3. The second-order valence-corrected chi connectivity index (χ2v) is 7.84. The number of aliphatic hydroxyl groups is 1. The van der Waals surface area contributed by atoms with Gasteiger partial charge in [-0.15, -0.1) is 0 Å². The first-order valence-electron chi connectivity index (χ1n) is 10.9. The molecule has 0 spiro atoms. The zero-order chi connectivity index (χ0) is 25.6. The Hall–Kier alpha value is -2.77. The highest BCUT2D eigenvalue weighted by molar-refractivity contribution is 5.94. The molecular formula is C20H37N5O8. The molecule has 0 radical (unpaired) electrons. The van der Waals surface area contributed by atoms with Crippen molar-refractivity contribution in [2.24, 2.45) is 17.4 Å². The van der Waals surface area contributed by atoms with Gasteiger partial charge in [0.15, 0.2) is 0 Å². The smallest absolute Gasteiger partial charge is 0.328 e. The summed E-state index contributed by atoms with van der Waals surface area (Å²) < 4.78 is 0. The summed E-state index contributed by atoms with van der Waals surface area (Å²) in [6.07, 6.45) is 1.36. The second kappa shape index (κ2) is 15.9. The van der Waals surface area contributed by atoms with Crippen molar-refractivity contribution in [3.63, 3.8) is 0 Å². The molecule has 3 amide bonds. The first-order valence-corrected chi connectivity index (χ1v) is 10.9. The van der Waals surface area contributed by atoms with Gasteiger partial charge in [0.1, 0.15) is 18.1 Å². The van der Waals surface area contributed by atoms with E-state index in [0.29, 0.717) is 32.2 Å². The number of amides is 3. The maximum atomic E-state index is 12.9. The predicted molar refractivity (Wildman–Crippen MR) is 118 cm³/mol. The lowest BCUT2D eigenvalue weighted by Crippen LogP contribution is -2.59. The number of carbonyl (C=O) groups excluding carboxylic acids is 3. The first kappa shape index (κ1) is 30.2. The quantitative estimate of drug-likeness (QED) is 0.106. The topological polar surface area (TPSA) is 234 Å². The minimum Gasteiger partial charge on any atom is -0.481 e. The molecule has 0 aromatic heterocycles. The van der Waals surface area contributed by atoms with Gasteiger partial charge >= 0.3 is 11.9 Å². The average molecular weight is 476 g/mol. The molecule has 13 heteroatoms. The maximum absolute atomic E-state index is 12.9. The summed E-state index contributed by atoms with van der Waals surface area (Å²) in [7, 11) is 0. The molecule has 0 bridgehead atoms. The number of aliphatic hydroxyl groups excluding tert-OH is 1. The Morgan fingerprint density at radius 2 is 1.48 bits per heavy atom. The van der Waals surface area contributed by atoms with E-state index in [1.54, 1.807) is 13.8 Å². The summed E-state index contributed by atoms with van der Waals surface area (Å²) in [5.74, 6) is -5.35. The Morgan fingerprint density at radius 3 is 1.97 bits per heavy atom. The van der Waals surface area contributed by atoms with Crippen LogP contribution >= 0.6 is 0 Å². The van der Waals surface area contributed by atoms with Gasteiger partial charge in [0.05, 0.1) is 12.6 Å². The van der Waals surface area contributed by atoms with Crippen molar-refractivity contribution >= 4 is 29.7 Å². The van der Waals surface area contributed by atoms with Crippen LogP contribution in [0.2, 0.25) is 0 Å². The fourth-order valence-corrected chi connectivity index (χ4v) is 2.86. The highest BCUT2D eigenvalue weighted by Gasteiger charge is 2.32. The van der Waals surface area contributed by atoms with Gasteiger partial charge < -0.3 is 42.7 Å². The van der Waals surface area contributed by atoms with E-state index in [2.05, 4.69) is 16.0 Å². The second-order valence-electron chi connectivity index (χ2n) is 7.84. The Bertz CT molecular complexity index is 675. The zero-order valence-electron chi connectivity index (χ0n) is 19.1. The van der Waals surface area contributed by atoms with Gasteiger partial charge in [-0.1, -0.05) is 26.7 Å². The zero-order valence-corrected chi connectivity index (χ0v) is 19.1. The lowest BCUT2D eigenvalue weighted by atomic mass is 9.97. The van der Waals surface area contributed by atoms with Crippen LogP contribution in [0.5, 0.6) is 0 Å². The summed E-state index contributed by atoms with van der Waals surface area (Å²) in [6, 6.07) is -4.94. The van der Waals surface area contributed by atoms with Crippen molar-refractivity contribution in [3.8, 4) is 0 Å². The van der Waals surface area contributed by atoms with Gasteiger partial charge in [-0.25, -0.2) is 4.79 Å². The molecule has 0 aliphatic heterocycles. The third-order valence-electron chi connectivity index (χ3n) is 5.18. The first-order chi connectivity index (χ1) is 15.5. The predicted octanol–water partition coefficient (Wildman–Crippen LogP) is -2.12. The van der Waals surface area contributed by atoms with Crippen LogP contribution in [0.25, 0.3) is 0 Å². The van der Waals surface area contributed by atoms with Gasteiger partial charge in [0, 0.05) is 6.42 Å². The third kappa shape index (κ3) is 11.6. The molecule has 33 heavy (non-hydrogen) atoms. The molecule has 0 rings (SSSR count). The minimum absolute atomic E-state index is 0.244. The molecule has 0 saturated heterocycles. The van der Waals surface area contributed by atoms with Crippen molar-refractivity contribution in [1.82, 2.24) is 16.0 Å².